The topological polar surface area (TPSA) is 56.0 Å². The van der Waals surface area contributed by atoms with E-state index in [1.54, 1.807) is 6.07 Å². The van der Waals surface area contributed by atoms with Crippen LogP contribution in [0.3, 0.4) is 0 Å². The Morgan fingerprint density at radius 2 is 2.00 bits per heavy atom. The lowest BCUT2D eigenvalue weighted by atomic mass is 10.0. The molecule has 0 fully saturated rings. The van der Waals surface area contributed by atoms with Crippen molar-refractivity contribution in [2.24, 2.45) is 0 Å². The van der Waals surface area contributed by atoms with Crippen LogP contribution in [0.5, 0.6) is 5.75 Å². The van der Waals surface area contributed by atoms with Crippen LogP contribution >= 0.6 is 0 Å². The number of phenols is 1. The van der Waals surface area contributed by atoms with Gasteiger partial charge in [0.25, 0.3) is 0 Å². The number of hydrogen-bond acceptors (Lipinski definition) is 3. The first-order valence-electron chi connectivity index (χ1n) is 5.60. The van der Waals surface area contributed by atoms with Crippen LogP contribution in [0.15, 0.2) is 36.4 Å². The van der Waals surface area contributed by atoms with Crippen molar-refractivity contribution in [2.45, 2.75) is 13.0 Å². The van der Waals surface area contributed by atoms with Gasteiger partial charge in [0.1, 0.15) is 5.75 Å². The van der Waals surface area contributed by atoms with E-state index in [2.05, 4.69) is 11.4 Å². The minimum Gasteiger partial charge on any atom is -0.508 e. The number of nitriles is 1. The van der Waals surface area contributed by atoms with Gasteiger partial charge in [0.15, 0.2) is 0 Å². The van der Waals surface area contributed by atoms with Crippen molar-refractivity contribution in [1.29, 1.82) is 5.26 Å². The monoisotopic (exact) mass is 226 g/mol. The normalized spacial score (nSPS) is 10.3. The first kappa shape index (κ1) is 11.4. The van der Waals surface area contributed by atoms with Crippen molar-refractivity contribution in [1.82, 2.24) is 5.32 Å². The fraction of sp³-hybridized carbons (Fsp3) is 0.214. The molecule has 0 radical (unpaired) electrons. The zero-order valence-electron chi connectivity index (χ0n) is 9.48. The van der Waals surface area contributed by atoms with Crippen molar-refractivity contribution >= 4 is 10.8 Å². The molecule has 0 saturated carbocycles. The molecule has 0 unspecified atom stereocenters. The van der Waals surface area contributed by atoms with Crippen molar-refractivity contribution in [3.05, 3.63) is 42.0 Å². The van der Waals surface area contributed by atoms with E-state index >= 15 is 0 Å². The molecule has 0 aromatic heterocycles. The van der Waals surface area contributed by atoms with Gasteiger partial charge in [0.05, 0.1) is 6.07 Å². The zero-order chi connectivity index (χ0) is 12.1. The lowest BCUT2D eigenvalue weighted by Crippen LogP contribution is -2.14. The van der Waals surface area contributed by atoms with Crippen LogP contribution in [0.4, 0.5) is 0 Å². The van der Waals surface area contributed by atoms with Gasteiger partial charge in [-0.1, -0.05) is 30.3 Å². The molecule has 3 heteroatoms. The summed E-state index contributed by atoms with van der Waals surface area (Å²) < 4.78 is 0. The second-order valence-electron chi connectivity index (χ2n) is 3.87. The van der Waals surface area contributed by atoms with Gasteiger partial charge in [0.2, 0.25) is 0 Å². The minimum atomic E-state index is 0.299. The summed E-state index contributed by atoms with van der Waals surface area (Å²) in [6, 6.07) is 13.7. The van der Waals surface area contributed by atoms with Gasteiger partial charge in [-0.15, -0.1) is 0 Å². The Labute approximate surface area is 100 Å². The van der Waals surface area contributed by atoms with Crippen molar-refractivity contribution in [3.8, 4) is 11.8 Å². The van der Waals surface area contributed by atoms with Crippen molar-refractivity contribution in [3.63, 3.8) is 0 Å². The highest BCUT2D eigenvalue weighted by Crippen LogP contribution is 2.26. The number of rotatable bonds is 4. The van der Waals surface area contributed by atoms with E-state index in [1.807, 2.05) is 30.3 Å². The molecular formula is C14H14N2O. The minimum absolute atomic E-state index is 0.299. The highest BCUT2D eigenvalue weighted by Gasteiger charge is 2.05. The highest BCUT2D eigenvalue weighted by molar-refractivity contribution is 5.87. The van der Waals surface area contributed by atoms with Crippen LogP contribution in [-0.2, 0) is 6.54 Å². The third-order valence-electron chi connectivity index (χ3n) is 2.73. The molecule has 2 N–H and O–H groups in total. The standard InChI is InChI=1S/C14H14N2O/c15-8-3-9-16-10-13-12-5-2-1-4-11(12)6-7-14(13)17/h1-2,4-7,16-17H,3,9-10H2. The zero-order valence-corrected chi connectivity index (χ0v) is 9.48. The predicted octanol–water partition coefficient (Wildman–Crippen LogP) is 2.55. The van der Waals surface area contributed by atoms with E-state index in [0.29, 0.717) is 25.3 Å². The number of hydrogen-bond donors (Lipinski definition) is 2. The number of phenolic OH excluding ortho intramolecular Hbond substituents is 1. The van der Waals surface area contributed by atoms with Crippen LogP contribution in [-0.4, -0.2) is 11.7 Å². The van der Waals surface area contributed by atoms with Gasteiger partial charge in [-0.2, -0.15) is 5.26 Å². The van der Waals surface area contributed by atoms with E-state index in [1.165, 1.54) is 0 Å². The Hall–Kier alpha value is -2.05. The molecule has 2 aromatic rings. The molecule has 0 aliphatic carbocycles. The quantitative estimate of drug-likeness (QED) is 0.788. The number of fused-ring (bicyclic) bond motifs is 1. The van der Waals surface area contributed by atoms with Gasteiger partial charge < -0.3 is 10.4 Å². The molecule has 0 saturated heterocycles. The SMILES string of the molecule is N#CCCNCc1c(O)ccc2ccccc12. The second kappa shape index (κ2) is 5.33. The molecule has 86 valence electrons. The predicted molar refractivity (Wildman–Crippen MR) is 67.5 cm³/mol. The van der Waals surface area contributed by atoms with Gasteiger partial charge in [-0.05, 0) is 16.8 Å². The van der Waals surface area contributed by atoms with E-state index in [-0.39, 0.29) is 0 Å². The Balaban J connectivity index is 2.26. The Morgan fingerprint density at radius 1 is 1.18 bits per heavy atom. The molecule has 0 aliphatic rings. The Kier molecular flexibility index (Phi) is 3.59. The summed E-state index contributed by atoms with van der Waals surface area (Å²) in [6.45, 7) is 1.22. The number of nitrogens with one attached hydrogen (secondary N) is 1. The Morgan fingerprint density at radius 3 is 2.82 bits per heavy atom. The first-order valence-corrected chi connectivity index (χ1v) is 5.60. The largest absolute Gasteiger partial charge is 0.508 e. The van der Waals surface area contributed by atoms with Crippen LogP contribution < -0.4 is 5.32 Å². The van der Waals surface area contributed by atoms with Crippen LogP contribution in [0.1, 0.15) is 12.0 Å². The molecule has 3 nitrogen and oxygen atoms in total. The number of nitrogens with zero attached hydrogens (tertiary/aromatic N) is 1. The molecule has 0 atom stereocenters. The molecule has 0 bridgehead atoms. The maximum atomic E-state index is 9.86. The fourth-order valence-electron chi connectivity index (χ4n) is 1.87. The van der Waals surface area contributed by atoms with Crippen LogP contribution in [0.2, 0.25) is 0 Å². The molecule has 0 amide bonds. The van der Waals surface area contributed by atoms with Crippen molar-refractivity contribution in [2.75, 3.05) is 6.54 Å². The lowest BCUT2D eigenvalue weighted by molar-refractivity contribution is 0.466. The molecular weight excluding hydrogens is 212 g/mol. The summed E-state index contributed by atoms with van der Waals surface area (Å²) in [5, 5.41) is 23.6. The molecule has 17 heavy (non-hydrogen) atoms. The van der Waals surface area contributed by atoms with Crippen molar-refractivity contribution < 1.29 is 5.11 Å². The molecule has 2 rings (SSSR count). The average molecular weight is 226 g/mol. The summed E-state index contributed by atoms with van der Waals surface area (Å²) in [4.78, 5) is 0. The summed E-state index contributed by atoms with van der Waals surface area (Å²) in [5.41, 5.74) is 0.890. The third-order valence-corrected chi connectivity index (χ3v) is 2.73. The lowest BCUT2D eigenvalue weighted by Gasteiger charge is -2.09. The summed E-state index contributed by atoms with van der Waals surface area (Å²) >= 11 is 0. The van der Waals surface area contributed by atoms with E-state index in [4.69, 9.17) is 5.26 Å². The van der Waals surface area contributed by atoms with Gasteiger partial charge >= 0.3 is 0 Å². The Bertz CT molecular complexity index is 558. The average Bonchev–Trinajstić information content (AvgIpc) is 2.37. The highest BCUT2D eigenvalue weighted by atomic mass is 16.3. The maximum Gasteiger partial charge on any atom is 0.120 e. The molecule has 0 aliphatic heterocycles. The van der Waals surface area contributed by atoms with E-state index in [9.17, 15) is 5.11 Å². The van der Waals surface area contributed by atoms with Crippen LogP contribution in [0.25, 0.3) is 10.8 Å². The summed E-state index contributed by atoms with van der Waals surface area (Å²) in [7, 11) is 0. The molecule has 0 heterocycles. The van der Waals surface area contributed by atoms with E-state index < -0.39 is 0 Å². The van der Waals surface area contributed by atoms with E-state index in [0.717, 1.165) is 16.3 Å². The van der Waals surface area contributed by atoms with Gasteiger partial charge in [-0.3, -0.25) is 0 Å². The fourth-order valence-corrected chi connectivity index (χ4v) is 1.87. The second-order valence-corrected chi connectivity index (χ2v) is 3.87. The number of benzene rings is 2. The molecule has 0 spiro atoms. The molecule has 2 aromatic carbocycles. The van der Waals surface area contributed by atoms with Gasteiger partial charge in [-0.25, -0.2) is 0 Å². The first-order chi connectivity index (χ1) is 8.33. The van der Waals surface area contributed by atoms with Crippen LogP contribution in [0, 0.1) is 11.3 Å². The van der Waals surface area contributed by atoms with Gasteiger partial charge in [0, 0.05) is 25.1 Å². The summed E-state index contributed by atoms with van der Waals surface area (Å²) in [6.07, 6.45) is 0.478. The maximum absolute atomic E-state index is 9.86. The summed E-state index contributed by atoms with van der Waals surface area (Å²) in [5.74, 6) is 0.299. The smallest absolute Gasteiger partial charge is 0.120 e. The number of aromatic hydroxyl groups is 1. The third kappa shape index (κ3) is 2.55.